The van der Waals surface area contributed by atoms with E-state index in [-0.39, 0.29) is 18.7 Å². The highest BCUT2D eigenvalue weighted by Gasteiger charge is 2.19. The minimum absolute atomic E-state index is 0.149. The Morgan fingerprint density at radius 2 is 2.20 bits per heavy atom. The summed E-state index contributed by atoms with van der Waals surface area (Å²) in [6, 6.07) is -0.687. The quantitative estimate of drug-likeness (QED) is 0.867. The first-order valence-electron chi connectivity index (χ1n) is 6.24. The first kappa shape index (κ1) is 16.4. The first-order valence-corrected chi connectivity index (χ1v) is 6.24. The second-order valence-corrected chi connectivity index (χ2v) is 5.34. The largest absolute Gasteiger partial charge is 0.395 e. The summed E-state index contributed by atoms with van der Waals surface area (Å²) in [7, 11) is 0. The molecule has 0 radical (unpaired) electrons. The summed E-state index contributed by atoms with van der Waals surface area (Å²) in [6.07, 6.45) is 0.421. The number of carbonyl (C=O) groups is 1. The summed E-state index contributed by atoms with van der Waals surface area (Å²) < 4.78 is 26.4. The third-order valence-corrected chi connectivity index (χ3v) is 2.54. The molecule has 0 atom stereocenters. The van der Waals surface area contributed by atoms with Gasteiger partial charge in [-0.1, -0.05) is 0 Å². The zero-order valence-electron chi connectivity index (χ0n) is 11.8. The van der Waals surface area contributed by atoms with E-state index in [0.717, 1.165) is 4.90 Å². The van der Waals surface area contributed by atoms with Crippen molar-refractivity contribution in [1.82, 2.24) is 14.7 Å². The predicted molar refractivity (Wildman–Crippen MR) is 70.9 cm³/mol. The molecule has 0 aliphatic rings. The molecule has 0 aromatic carbocycles. The fraction of sp³-hybridized carbons (Fsp3) is 0.667. The van der Waals surface area contributed by atoms with Crippen LogP contribution in [0.2, 0.25) is 0 Å². The Hall–Kier alpha value is -1.70. The lowest BCUT2D eigenvalue weighted by Gasteiger charge is -2.21. The first-order chi connectivity index (χ1) is 9.24. The van der Waals surface area contributed by atoms with E-state index in [1.165, 1.54) is 6.20 Å². The average molecular weight is 290 g/mol. The Kier molecular flexibility index (Phi) is 5.43. The van der Waals surface area contributed by atoms with E-state index in [9.17, 15) is 13.6 Å². The fourth-order valence-corrected chi connectivity index (χ4v) is 1.52. The van der Waals surface area contributed by atoms with Crippen LogP contribution in [0, 0.1) is 0 Å². The normalized spacial score (nSPS) is 11.8. The molecule has 6 nitrogen and oxygen atoms in total. The maximum atomic E-state index is 12.3. The lowest BCUT2D eigenvalue weighted by atomic mass is 10.1. The van der Waals surface area contributed by atoms with Crippen LogP contribution in [-0.2, 0) is 5.54 Å². The molecule has 2 amide bonds. The molecule has 0 fully saturated rings. The molecule has 1 rings (SSSR count). The molecule has 0 unspecified atom stereocenters. The number of amides is 2. The van der Waals surface area contributed by atoms with Crippen molar-refractivity contribution in [2.24, 2.45) is 0 Å². The van der Waals surface area contributed by atoms with Gasteiger partial charge in [0.15, 0.2) is 0 Å². The second-order valence-electron chi connectivity index (χ2n) is 5.34. The number of alkyl halides is 2. The number of hydrogen-bond donors (Lipinski definition) is 2. The maximum absolute atomic E-state index is 12.3. The molecular weight excluding hydrogens is 270 g/mol. The highest BCUT2D eigenvalue weighted by molar-refractivity contribution is 5.89. The van der Waals surface area contributed by atoms with Gasteiger partial charge in [0.05, 0.1) is 30.6 Å². The SMILES string of the molecule is CC(C)(C)n1cc(NC(=O)N(CCO)CC(F)F)cn1. The lowest BCUT2D eigenvalue weighted by Crippen LogP contribution is -2.40. The number of aliphatic hydroxyl groups is 1. The van der Waals surface area contributed by atoms with Crippen LogP contribution in [0.4, 0.5) is 19.3 Å². The molecule has 0 saturated heterocycles. The zero-order chi connectivity index (χ0) is 15.3. The van der Waals surface area contributed by atoms with Crippen LogP contribution in [0.1, 0.15) is 20.8 Å². The highest BCUT2D eigenvalue weighted by atomic mass is 19.3. The molecule has 0 aliphatic heterocycles. The number of aromatic nitrogens is 2. The van der Waals surface area contributed by atoms with Crippen LogP contribution in [0.25, 0.3) is 0 Å². The number of carbonyl (C=O) groups excluding carboxylic acids is 1. The third-order valence-electron chi connectivity index (χ3n) is 2.54. The summed E-state index contributed by atoms with van der Waals surface area (Å²) >= 11 is 0. The van der Waals surface area contributed by atoms with Gasteiger partial charge in [-0.05, 0) is 20.8 Å². The standard InChI is InChI=1S/C12H20F2N4O2/c1-12(2,3)18-7-9(6-15-18)16-11(20)17(4-5-19)8-10(13)14/h6-7,10,19H,4-5,8H2,1-3H3,(H,16,20). The van der Waals surface area contributed by atoms with Gasteiger partial charge in [0.2, 0.25) is 0 Å². The number of anilines is 1. The van der Waals surface area contributed by atoms with Crippen LogP contribution in [-0.4, -0.2) is 51.9 Å². The minimum atomic E-state index is -2.65. The van der Waals surface area contributed by atoms with Gasteiger partial charge in [-0.3, -0.25) is 4.68 Å². The molecule has 114 valence electrons. The van der Waals surface area contributed by atoms with Crippen LogP contribution in [0.5, 0.6) is 0 Å². The molecule has 0 bridgehead atoms. The van der Waals surface area contributed by atoms with E-state index in [1.807, 2.05) is 20.8 Å². The minimum Gasteiger partial charge on any atom is -0.395 e. The molecule has 0 saturated carbocycles. The Morgan fingerprint density at radius 1 is 1.55 bits per heavy atom. The number of rotatable bonds is 5. The Labute approximate surface area is 116 Å². The van der Waals surface area contributed by atoms with E-state index in [4.69, 9.17) is 5.11 Å². The van der Waals surface area contributed by atoms with Crippen molar-refractivity contribution in [1.29, 1.82) is 0 Å². The van der Waals surface area contributed by atoms with E-state index < -0.39 is 19.0 Å². The molecule has 1 aromatic rings. The number of nitrogens with one attached hydrogen (secondary N) is 1. The van der Waals surface area contributed by atoms with Crippen molar-refractivity contribution in [2.75, 3.05) is 25.0 Å². The Balaban J connectivity index is 2.70. The van der Waals surface area contributed by atoms with Crippen molar-refractivity contribution in [3.8, 4) is 0 Å². The van der Waals surface area contributed by atoms with Gasteiger partial charge in [-0.15, -0.1) is 0 Å². The lowest BCUT2D eigenvalue weighted by molar-refractivity contribution is 0.0943. The molecule has 8 heteroatoms. The Morgan fingerprint density at radius 3 is 2.65 bits per heavy atom. The molecular formula is C12H20F2N4O2. The van der Waals surface area contributed by atoms with Crippen molar-refractivity contribution in [3.63, 3.8) is 0 Å². The van der Waals surface area contributed by atoms with E-state index >= 15 is 0 Å². The van der Waals surface area contributed by atoms with Gasteiger partial charge in [0, 0.05) is 12.7 Å². The number of aliphatic hydroxyl groups excluding tert-OH is 1. The smallest absolute Gasteiger partial charge is 0.322 e. The zero-order valence-corrected chi connectivity index (χ0v) is 11.8. The van der Waals surface area contributed by atoms with Crippen molar-refractivity contribution in [2.45, 2.75) is 32.7 Å². The topological polar surface area (TPSA) is 70.4 Å². The maximum Gasteiger partial charge on any atom is 0.322 e. The molecule has 1 heterocycles. The molecule has 0 spiro atoms. The summed E-state index contributed by atoms with van der Waals surface area (Å²) in [6.45, 7) is 4.59. The number of nitrogens with zero attached hydrogens (tertiary/aromatic N) is 3. The molecule has 0 aliphatic carbocycles. The van der Waals surface area contributed by atoms with Gasteiger partial charge in [0.1, 0.15) is 0 Å². The average Bonchev–Trinajstić information content (AvgIpc) is 2.76. The number of hydrogen-bond acceptors (Lipinski definition) is 3. The van der Waals surface area contributed by atoms with Gasteiger partial charge >= 0.3 is 6.03 Å². The third kappa shape index (κ3) is 4.76. The van der Waals surface area contributed by atoms with E-state index in [1.54, 1.807) is 10.9 Å². The van der Waals surface area contributed by atoms with E-state index in [0.29, 0.717) is 5.69 Å². The van der Waals surface area contributed by atoms with Gasteiger partial charge in [-0.2, -0.15) is 5.10 Å². The van der Waals surface area contributed by atoms with Gasteiger partial charge < -0.3 is 15.3 Å². The summed E-state index contributed by atoms with van der Waals surface area (Å²) in [5.41, 5.74) is 0.179. The fourth-order valence-electron chi connectivity index (χ4n) is 1.52. The summed E-state index contributed by atoms with van der Waals surface area (Å²) in [4.78, 5) is 12.7. The van der Waals surface area contributed by atoms with E-state index in [2.05, 4.69) is 10.4 Å². The monoisotopic (exact) mass is 290 g/mol. The second kappa shape index (κ2) is 6.65. The summed E-state index contributed by atoms with van der Waals surface area (Å²) in [5.74, 6) is 0. The van der Waals surface area contributed by atoms with Crippen LogP contribution in [0.15, 0.2) is 12.4 Å². The van der Waals surface area contributed by atoms with Crippen LogP contribution < -0.4 is 5.32 Å². The Bertz CT molecular complexity index is 443. The predicted octanol–water partition coefficient (Wildman–Crippen LogP) is 1.73. The molecule has 2 N–H and O–H groups in total. The number of urea groups is 1. The number of halogens is 2. The van der Waals surface area contributed by atoms with Crippen LogP contribution >= 0.6 is 0 Å². The highest BCUT2D eigenvalue weighted by Crippen LogP contribution is 2.16. The van der Waals surface area contributed by atoms with Crippen molar-refractivity contribution < 1.29 is 18.7 Å². The van der Waals surface area contributed by atoms with Gasteiger partial charge in [-0.25, -0.2) is 13.6 Å². The molecule has 1 aromatic heterocycles. The van der Waals surface area contributed by atoms with Gasteiger partial charge in [0.25, 0.3) is 6.43 Å². The molecule has 20 heavy (non-hydrogen) atoms. The summed E-state index contributed by atoms with van der Waals surface area (Å²) in [5, 5.41) is 15.4. The van der Waals surface area contributed by atoms with Crippen molar-refractivity contribution in [3.05, 3.63) is 12.4 Å². The van der Waals surface area contributed by atoms with Crippen LogP contribution in [0.3, 0.4) is 0 Å². The van der Waals surface area contributed by atoms with Crippen molar-refractivity contribution >= 4 is 11.7 Å².